The highest BCUT2D eigenvalue weighted by atomic mass is 79.9. The van der Waals surface area contributed by atoms with Crippen LogP contribution in [0.1, 0.15) is 15.9 Å². The molecule has 122 valence electrons. The number of carboxylic acid groups (broad SMARTS) is 1. The van der Waals surface area contributed by atoms with Crippen LogP contribution < -0.4 is 9.46 Å². The Morgan fingerprint density at radius 2 is 1.87 bits per heavy atom. The summed E-state index contributed by atoms with van der Waals surface area (Å²) in [5.41, 5.74) is 0.397. The van der Waals surface area contributed by atoms with Gasteiger partial charge in [0.05, 0.1) is 17.6 Å². The number of carbonyl (C=O) groups is 1. The lowest BCUT2D eigenvalue weighted by molar-refractivity contribution is 0.0695. The van der Waals surface area contributed by atoms with Gasteiger partial charge in [-0.05, 0) is 42.0 Å². The second-order valence-electron chi connectivity index (χ2n) is 4.57. The van der Waals surface area contributed by atoms with Crippen molar-refractivity contribution in [1.82, 2.24) is 4.72 Å². The number of hydrogen-bond acceptors (Lipinski definition) is 4. The van der Waals surface area contributed by atoms with Crippen LogP contribution in [0.5, 0.6) is 5.75 Å². The van der Waals surface area contributed by atoms with E-state index in [4.69, 9.17) is 4.74 Å². The second-order valence-corrected chi connectivity index (χ2v) is 7.19. The summed E-state index contributed by atoms with van der Waals surface area (Å²) < 4.78 is 32.5. The molecule has 2 rings (SSSR count). The number of nitrogens with one attached hydrogen (secondary N) is 1. The van der Waals surface area contributed by atoms with Crippen molar-refractivity contribution in [3.8, 4) is 5.75 Å². The van der Waals surface area contributed by atoms with Gasteiger partial charge in [0.1, 0.15) is 5.75 Å². The average Bonchev–Trinajstić information content (AvgIpc) is 2.53. The van der Waals surface area contributed by atoms with E-state index in [0.717, 1.165) is 0 Å². The Kier molecular flexibility index (Phi) is 5.40. The topological polar surface area (TPSA) is 92.7 Å². The van der Waals surface area contributed by atoms with Gasteiger partial charge in [0.2, 0.25) is 10.0 Å². The summed E-state index contributed by atoms with van der Waals surface area (Å²) in [5, 5.41) is 9.18. The number of halogens is 1. The monoisotopic (exact) mass is 399 g/mol. The lowest BCUT2D eigenvalue weighted by atomic mass is 10.1. The summed E-state index contributed by atoms with van der Waals surface area (Å²) in [5.74, 6) is -0.576. The summed E-state index contributed by atoms with van der Waals surface area (Å²) >= 11 is 3.24. The van der Waals surface area contributed by atoms with Crippen LogP contribution >= 0.6 is 15.9 Å². The largest absolute Gasteiger partial charge is 0.497 e. The van der Waals surface area contributed by atoms with Gasteiger partial charge < -0.3 is 9.84 Å². The molecule has 0 saturated heterocycles. The normalized spacial score (nSPS) is 11.2. The first-order valence-electron chi connectivity index (χ1n) is 6.49. The molecule has 2 aromatic rings. The molecule has 0 heterocycles. The van der Waals surface area contributed by atoms with Crippen LogP contribution in [0.2, 0.25) is 0 Å². The van der Waals surface area contributed by atoms with Crippen LogP contribution in [0.3, 0.4) is 0 Å². The number of sulfonamides is 1. The Hall–Kier alpha value is -1.90. The van der Waals surface area contributed by atoms with Gasteiger partial charge in [0.15, 0.2) is 0 Å². The number of methoxy groups -OCH3 is 1. The molecule has 0 amide bonds. The molecule has 0 aromatic heterocycles. The lowest BCUT2D eigenvalue weighted by Crippen LogP contribution is -2.24. The zero-order valence-electron chi connectivity index (χ0n) is 12.1. The van der Waals surface area contributed by atoms with Crippen molar-refractivity contribution in [2.24, 2.45) is 0 Å². The Balaban J connectivity index is 2.24. The van der Waals surface area contributed by atoms with Crippen LogP contribution in [0.4, 0.5) is 0 Å². The van der Waals surface area contributed by atoms with Gasteiger partial charge in [0, 0.05) is 11.0 Å². The van der Waals surface area contributed by atoms with Gasteiger partial charge in [-0.15, -0.1) is 0 Å². The van der Waals surface area contributed by atoms with Crippen LogP contribution in [-0.4, -0.2) is 26.6 Å². The molecule has 2 N–H and O–H groups in total. The number of benzene rings is 2. The van der Waals surface area contributed by atoms with Gasteiger partial charge >= 0.3 is 5.97 Å². The third-order valence-electron chi connectivity index (χ3n) is 3.16. The van der Waals surface area contributed by atoms with Crippen molar-refractivity contribution in [1.29, 1.82) is 0 Å². The summed E-state index contributed by atoms with van der Waals surface area (Å²) in [6.45, 7) is -0.141. The summed E-state index contributed by atoms with van der Waals surface area (Å²) in [6, 6.07) is 10.6. The van der Waals surface area contributed by atoms with E-state index >= 15 is 0 Å². The van der Waals surface area contributed by atoms with E-state index in [-0.39, 0.29) is 17.0 Å². The highest BCUT2D eigenvalue weighted by molar-refractivity contribution is 9.10. The fraction of sp³-hybridized carbons (Fsp3) is 0.133. The highest BCUT2D eigenvalue weighted by Crippen LogP contribution is 2.22. The van der Waals surface area contributed by atoms with Gasteiger partial charge in [0.25, 0.3) is 0 Å². The first kappa shape index (κ1) is 17.5. The maximum absolute atomic E-state index is 12.3. The minimum Gasteiger partial charge on any atom is -0.497 e. The Bertz CT molecular complexity index is 818. The van der Waals surface area contributed by atoms with Gasteiger partial charge in [-0.3, -0.25) is 0 Å². The van der Waals surface area contributed by atoms with Crippen LogP contribution in [-0.2, 0) is 16.6 Å². The van der Waals surface area contributed by atoms with Crippen molar-refractivity contribution in [3.63, 3.8) is 0 Å². The fourth-order valence-electron chi connectivity index (χ4n) is 1.94. The Labute approximate surface area is 142 Å². The predicted molar refractivity (Wildman–Crippen MR) is 88.1 cm³/mol. The molecule has 0 aliphatic heterocycles. The smallest absolute Gasteiger partial charge is 0.336 e. The first-order valence-corrected chi connectivity index (χ1v) is 8.77. The number of ether oxygens (including phenoxy) is 1. The third kappa shape index (κ3) is 4.10. The van der Waals surface area contributed by atoms with Crippen LogP contribution in [0.15, 0.2) is 51.8 Å². The quantitative estimate of drug-likeness (QED) is 0.778. The maximum Gasteiger partial charge on any atom is 0.336 e. The third-order valence-corrected chi connectivity index (χ3v) is 5.32. The van der Waals surface area contributed by atoms with Crippen molar-refractivity contribution in [3.05, 3.63) is 58.1 Å². The minimum atomic E-state index is -3.76. The molecule has 23 heavy (non-hydrogen) atoms. The molecular formula is C15H14BrNO5S. The highest BCUT2D eigenvalue weighted by Gasteiger charge is 2.18. The molecule has 6 nitrogen and oxygen atoms in total. The molecule has 0 radical (unpaired) electrons. The Morgan fingerprint density at radius 3 is 2.43 bits per heavy atom. The zero-order valence-corrected chi connectivity index (χ0v) is 14.5. The van der Waals surface area contributed by atoms with E-state index in [1.165, 1.54) is 37.4 Å². The van der Waals surface area contributed by atoms with E-state index in [9.17, 15) is 18.3 Å². The molecule has 8 heteroatoms. The van der Waals surface area contributed by atoms with Crippen LogP contribution in [0, 0.1) is 0 Å². The van der Waals surface area contributed by atoms with Crippen LogP contribution in [0.25, 0.3) is 0 Å². The van der Waals surface area contributed by atoms with E-state index in [0.29, 0.717) is 15.8 Å². The van der Waals surface area contributed by atoms with Gasteiger partial charge in [-0.2, -0.15) is 0 Å². The van der Waals surface area contributed by atoms with E-state index < -0.39 is 16.0 Å². The lowest BCUT2D eigenvalue weighted by Gasteiger charge is -2.11. The SMILES string of the molecule is COc1ccc(S(=O)(=O)NCc2c(Br)cccc2C(=O)O)cc1. The molecule has 0 saturated carbocycles. The number of hydrogen-bond donors (Lipinski definition) is 2. The second kappa shape index (κ2) is 7.12. The van der Waals surface area contributed by atoms with E-state index in [2.05, 4.69) is 20.7 Å². The molecule has 2 aromatic carbocycles. The van der Waals surface area contributed by atoms with Crippen molar-refractivity contribution >= 4 is 31.9 Å². The fourth-order valence-corrected chi connectivity index (χ4v) is 3.45. The molecule has 0 spiro atoms. The number of carboxylic acids is 1. The standard InChI is InChI=1S/C15H14BrNO5S/c1-22-10-5-7-11(8-6-10)23(20,21)17-9-13-12(15(18)19)3-2-4-14(13)16/h2-8,17H,9H2,1H3,(H,18,19). The minimum absolute atomic E-state index is 0.0387. The summed E-state index contributed by atoms with van der Waals surface area (Å²) in [6.07, 6.45) is 0. The van der Waals surface area contributed by atoms with Gasteiger partial charge in [-0.1, -0.05) is 22.0 Å². The number of rotatable bonds is 6. The molecule has 0 aliphatic carbocycles. The van der Waals surface area contributed by atoms with Crippen molar-refractivity contribution < 1.29 is 23.1 Å². The van der Waals surface area contributed by atoms with Crippen molar-refractivity contribution in [2.45, 2.75) is 11.4 Å². The molecule has 0 aliphatic rings. The summed E-state index contributed by atoms with van der Waals surface area (Å²) in [7, 11) is -2.27. The van der Waals surface area contributed by atoms with Crippen molar-refractivity contribution in [2.75, 3.05) is 7.11 Å². The molecule has 0 fully saturated rings. The molecule has 0 bridgehead atoms. The van der Waals surface area contributed by atoms with E-state index in [1.54, 1.807) is 12.1 Å². The Morgan fingerprint density at radius 1 is 1.22 bits per heavy atom. The van der Waals surface area contributed by atoms with E-state index in [1.807, 2.05) is 0 Å². The maximum atomic E-state index is 12.3. The van der Waals surface area contributed by atoms with Gasteiger partial charge in [-0.25, -0.2) is 17.9 Å². The molecular weight excluding hydrogens is 386 g/mol. The zero-order chi connectivity index (χ0) is 17.0. The predicted octanol–water partition coefficient (Wildman–Crippen LogP) is 2.63. The first-order chi connectivity index (χ1) is 10.8. The molecule has 0 atom stereocenters. The summed E-state index contributed by atoms with van der Waals surface area (Å²) in [4.78, 5) is 11.3. The average molecular weight is 400 g/mol. The molecule has 0 unspecified atom stereocenters. The number of aromatic carboxylic acids is 1.